The fourth-order valence-corrected chi connectivity index (χ4v) is 5.38. The molecule has 1 aliphatic heterocycles. The monoisotopic (exact) mass is 470 g/mol. The Bertz CT molecular complexity index is 1570. The van der Waals surface area contributed by atoms with Gasteiger partial charge >= 0.3 is 0 Å². The van der Waals surface area contributed by atoms with E-state index in [1.165, 1.54) is 34.7 Å². The number of halogens is 2. The van der Waals surface area contributed by atoms with Gasteiger partial charge in [0.05, 0.1) is 38.3 Å². The first-order valence-corrected chi connectivity index (χ1v) is 12.6. The standard InChI is InChI=1S/C23H24F2N6OS/c1-7-19-28-29-22-23(3,4)27-20-17(25)10-14(12(2)21(20)30(19)22)15-8-13(24)9-18-16(15)11-26-31(18)33(5,6)32/h8-11,27H,5,7H2,1-4,6H3. The van der Waals surface area contributed by atoms with Crippen LogP contribution in [0.4, 0.5) is 14.5 Å². The molecule has 172 valence electrons. The van der Waals surface area contributed by atoms with Crippen LogP contribution < -0.4 is 5.32 Å². The third-order valence-electron chi connectivity index (χ3n) is 6.05. The van der Waals surface area contributed by atoms with Gasteiger partial charge in [-0.25, -0.2) is 13.0 Å². The minimum Gasteiger partial charge on any atom is -0.369 e. The minimum absolute atomic E-state index is 0.337. The number of anilines is 1. The maximum absolute atomic E-state index is 15.6. The highest BCUT2D eigenvalue weighted by Gasteiger charge is 2.37. The SMILES string of the molecule is C=S(C)(=O)n1ncc2c(-c3cc(F)c4c(c3C)-n3c(CC)nnc3C(C)(C)N4)cc(F)cc21. The predicted molar refractivity (Wildman–Crippen MR) is 127 cm³/mol. The Morgan fingerprint density at radius 1 is 1.18 bits per heavy atom. The molecule has 4 aromatic rings. The summed E-state index contributed by atoms with van der Waals surface area (Å²) in [7, 11) is -2.75. The number of nitrogens with zero attached hydrogens (tertiary/aromatic N) is 5. The molecule has 0 amide bonds. The van der Waals surface area contributed by atoms with Gasteiger partial charge in [0.2, 0.25) is 0 Å². The van der Waals surface area contributed by atoms with E-state index in [1.807, 2.05) is 32.3 Å². The van der Waals surface area contributed by atoms with Gasteiger partial charge in [-0.05, 0) is 55.5 Å². The first kappa shape index (κ1) is 21.6. The summed E-state index contributed by atoms with van der Waals surface area (Å²) < 4.78 is 46.0. The molecule has 0 saturated heterocycles. The molecule has 7 nitrogen and oxygen atoms in total. The average molecular weight is 471 g/mol. The fourth-order valence-electron chi connectivity index (χ4n) is 4.57. The summed E-state index contributed by atoms with van der Waals surface area (Å²) in [4.78, 5) is 0. The number of aromatic nitrogens is 5. The largest absolute Gasteiger partial charge is 0.369 e. The molecule has 5 rings (SSSR count). The van der Waals surface area contributed by atoms with E-state index in [-0.39, 0.29) is 0 Å². The van der Waals surface area contributed by atoms with E-state index in [2.05, 4.69) is 26.5 Å². The number of hydrogen-bond donors (Lipinski definition) is 1. The molecule has 2 aromatic heterocycles. The van der Waals surface area contributed by atoms with Gasteiger partial charge in [-0.15, -0.1) is 10.2 Å². The maximum Gasteiger partial charge on any atom is 0.162 e. The molecule has 0 saturated carbocycles. The topological polar surface area (TPSA) is 77.6 Å². The van der Waals surface area contributed by atoms with E-state index in [1.54, 1.807) is 0 Å². The first-order chi connectivity index (χ1) is 15.4. The highest BCUT2D eigenvalue weighted by Crippen LogP contribution is 2.44. The first-order valence-electron chi connectivity index (χ1n) is 10.5. The van der Waals surface area contributed by atoms with Gasteiger partial charge in [-0.3, -0.25) is 4.57 Å². The van der Waals surface area contributed by atoms with E-state index >= 15 is 4.39 Å². The average Bonchev–Trinajstić information content (AvgIpc) is 3.34. The molecule has 2 aromatic carbocycles. The smallest absolute Gasteiger partial charge is 0.162 e. The van der Waals surface area contributed by atoms with Gasteiger partial charge < -0.3 is 5.32 Å². The molecule has 0 fully saturated rings. The van der Waals surface area contributed by atoms with Crippen molar-refractivity contribution < 1.29 is 13.0 Å². The highest BCUT2D eigenvalue weighted by atomic mass is 32.2. The third kappa shape index (κ3) is 3.07. The molecule has 0 aliphatic carbocycles. The van der Waals surface area contributed by atoms with Crippen molar-refractivity contribution in [3.8, 4) is 16.8 Å². The summed E-state index contributed by atoms with van der Waals surface area (Å²) in [5, 5.41) is 16.7. The molecule has 1 unspecified atom stereocenters. The summed E-state index contributed by atoms with van der Waals surface area (Å²) in [6.07, 6.45) is 3.55. The Kier molecular flexibility index (Phi) is 4.49. The van der Waals surface area contributed by atoms with Gasteiger partial charge in [0.15, 0.2) is 5.82 Å². The van der Waals surface area contributed by atoms with Crippen LogP contribution in [0.25, 0.3) is 27.7 Å². The Morgan fingerprint density at radius 3 is 2.58 bits per heavy atom. The zero-order valence-electron chi connectivity index (χ0n) is 19.0. The van der Waals surface area contributed by atoms with Crippen LogP contribution in [0.15, 0.2) is 24.4 Å². The lowest BCUT2D eigenvalue weighted by Crippen LogP contribution is -2.37. The van der Waals surface area contributed by atoms with Crippen LogP contribution in [0, 0.1) is 18.6 Å². The number of hydrogen-bond acceptors (Lipinski definition) is 5. The second-order valence-corrected chi connectivity index (χ2v) is 11.3. The van der Waals surface area contributed by atoms with Crippen molar-refractivity contribution in [1.29, 1.82) is 0 Å². The lowest BCUT2D eigenvalue weighted by Gasteiger charge is -2.35. The third-order valence-corrected chi connectivity index (χ3v) is 7.07. The van der Waals surface area contributed by atoms with Crippen molar-refractivity contribution in [1.82, 2.24) is 24.0 Å². The van der Waals surface area contributed by atoms with E-state index in [0.29, 0.717) is 51.5 Å². The van der Waals surface area contributed by atoms with E-state index in [9.17, 15) is 8.60 Å². The Morgan fingerprint density at radius 2 is 1.91 bits per heavy atom. The molecule has 3 heterocycles. The van der Waals surface area contributed by atoms with E-state index in [4.69, 9.17) is 0 Å². The van der Waals surface area contributed by atoms with Crippen molar-refractivity contribution in [2.24, 2.45) is 0 Å². The van der Waals surface area contributed by atoms with Crippen LogP contribution in [-0.2, 0) is 21.7 Å². The summed E-state index contributed by atoms with van der Waals surface area (Å²) in [6.45, 7) is 7.67. The quantitative estimate of drug-likeness (QED) is 0.454. The fraction of sp³-hybridized carbons (Fsp3) is 0.304. The molecule has 10 heteroatoms. The van der Waals surface area contributed by atoms with Gasteiger partial charge in [0.1, 0.15) is 17.5 Å². The number of fused-ring (bicyclic) bond motifs is 4. The highest BCUT2D eigenvalue weighted by molar-refractivity contribution is 7.98. The molecule has 0 bridgehead atoms. The van der Waals surface area contributed by atoms with Crippen molar-refractivity contribution in [3.63, 3.8) is 0 Å². The zero-order chi connectivity index (χ0) is 23.9. The number of aryl methyl sites for hydroxylation is 1. The summed E-state index contributed by atoms with van der Waals surface area (Å²) in [6, 6.07) is 4.01. The van der Waals surface area contributed by atoms with Gasteiger partial charge in [-0.1, -0.05) is 6.92 Å². The number of rotatable bonds is 3. The zero-order valence-corrected chi connectivity index (χ0v) is 19.8. The lowest BCUT2D eigenvalue weighted by atomic mass is 9.92. The van der Waals surface area contributed by atoms with Crippen LogP contribution >= 0.6 is 0 Å². The Labute approximate surface area is 190 Å². The molecule has 0 spiro atoms. The van der Waals surface area contributed by atoms with Crippen LogP contribution in [0.5, 0.6) is 0 Å². The summed E-state index contributed by atoms with van der Waals surface area (Å²) >= 11 is 0. The molecule has 1 atom stereocenters. The second kappa shape index (κ2) is 6.86. The van der Waals surface area contributed by atoms with Gasteiger partial charge in [-0.2, -0.15) is 9.19 Å². The lowest BCUT2D eigenvalue weighted by molar-refractivity contribution is 0.521. The summed E-state index contributed by atoms with van der Waals surface area (Å²) in [5.41, 5.74) is 2.34. The minimum atomic E-state index is -2.75. The summed E-state index contributed by atoms with van der Waals surface area (Å²) in [5.74, 6) is 4.02. The molecule has 1 N–H and O–H groups in total. The van der Waals surface area contributed by atoms with Crippen LogP contribution in [0.1, 0.15) is 38.0 Å². The van der Waals surface area contributed by atoms with Crippen LogP contribution in [-0.4, -0.2) is 40.3 Å². The normalized spacial score (nSPS) is 16.2. The van der Waals surface area contributed by atoms with Gasteiger partial charge in [0.25, 0.3) is 0 Å². The number of nitrogens with one attached hydrogen (secondary N) is 1. The van der Waals surface area contributed by atoms with Crippen molar-refractivity contribution in [3.05, 3.63) is 53.2 Å². The Balaban J connectivity index is 1.86. The van der Waals surface area contributed by atoms with Crippen LogP contribution in [0.2, 0.25) is 0 Å². The van der Waals surface area contributed by atoms with E-state index in [0.717, 1.165) is 5.56 Å². The molecule has 0 radical (unpaired) electrons. The maximum atomic E-state index is 15.6. The predicted octanol–water partition coefficient (Wildman–Crippen LogP) is 4.20. The van der Waals surface area contributed by atoms with Crippen LogP contribution in [0.3, 0.4) is 0 Å². The Hall–Kier alpha value is -3.27. The molecular formula is C23H24F2N6OS. The van der Waals surface area contributed by atoms with E-state index < -0.39 is 26.9 Å². The van der Waals surface area contributed by atoms with Gasteiger partial charge in [0, 0.05) is 24.1 Å². The number of benzene rings is 2. The van der Waals surface area contributed by atoms with Crippen molar-refractivity contribution in [2.75, 3.05) is 11.6 Å². The van der Waals surface area contributed by atoms with Crippen molar-refractivity contribution in [2.45, 2.75) is 39.7 Å². The molecule has 33 heavy (non-hydrogen) atoms. The van der Waals surface area contributed by atoms with Crippen molar-refractivity contribution >= 4 is 32.2 Å². The second-order valence-electron chi connectivity index (χ2n) is 9.00. The molecular weight excluding hydrogens is 446 g/mol. The molecule has 1 aliphatic rings.